The van der Waals surface area contributed by atoms with Crippen LogP contribution in [0.3, 0.4) is 0 Å². The lowest BCUT2D eigenvalue weighted by Gasteiger charge is -2.32. The number of H-pyrrole nitrogens is 1. The summed E-state index contributed by atoms with van der Waals surface area (Å²) in [7, 11) is 0. The standard InChI is InChI=1S/C14H20N4O3/c1-9(19)21-18-7-3-5-11-13(18)12(16-17-14(11)20)10-4-2-6-15-8-10/h10,15H,2-8H2,1H3,(H,17,20). The highest BCUT2D eigenvalue weighted by atomic mass is 16.7. The predicted molar refractivity (Wildman–Crippen MR) is 77.1 cm³/mol. The Balaban J connectivity index is 2.04. The number of aromatic amines is 1. The molecule has 1 unspecified atom stereocenters. The summed E-state index contributed by atoms with van der Waals surface area (Å²) in [6, 6.07) is 0. The first-order valence-electron chi connectivity index (χ1n) is 7.45. The minimum Gasteiger partial charge on any atom is -0.341 e. The molecule has 1 aromatic rings. The molecule has 2 aliphatic heterocycles. The van der Waals surface area contributed by atoms with Crippen LogP contribution in [0.5, 0.6) is 0 Å². The summed E-state index contributed by atoms with van der Waals surface area (Å²) in [5.74, 6) is -0.142. The van der Waals surface area contributed by atoms with Gasteiger partial charge in [0.15, 0.2) is 0 Å². The van der Waals surface area contributed by atoms with E-state index in [4.69, 9.17) is 4.84 Å². The molecule has 0 aromatic carbocycles. The van der Waals surface area contributed by atoms with Crippen molar-refractivity contribution in [1.29, 1.82) is 0 Å². The van der Waals surface area contributed by atoms with Gasteiger partial charge in [0.05, 0.1) is 12.2 Å². The zero-order chi connectivity index (χ0) is 14.8. The van der Waals surface area contributed by atoms with E-state index < -0.39 is 0 Å². The molecule has 7 heteroatoms. The van der Waals surface area contributed by atoms with Gasteiger partial charge in [-0.05, 0) is 32.2 Å². The summed E-state index contributed by atoms with van der Waals surface area (Å²) in [4.78, 5) is 28.6. The Bertz CT molecular complexity index is 592. The van der Waals surface area contributed by atoms with E-state index in [1.54, 1.807) is 5.06 Å². The van der Waals surface area contributed by atoms with Crippen molar-refractivity contribution in [3.63, 3.8) is 0 Å². The number of rotatable bonds is 2. The third-order valence-corrected chi connectivity index (χ3v) is 4.04. The molecule has 3 rings (SSSR count). The molecule has 2 aliphatic rings. The number of carbonyl (C=O) groups is 1. The van der Waals surface area contributed by atoms with Crippen LogP contribution in [-0.2, 0) is 16.1 Å². The monoisotopic (exact) mass is 292 g/mol. The Hall–Kier alpha value is -1.89. The van der Waals surface area contributed by atoms with E-state index in [2.05, 4.69) is 15.5 Å². The van der Waals surface area contributed by atoms with Crippen LogP contribution in [0.2, 0.25) is 0 Å². The highest BCUT2D eigenvalue weighted by Crippen LogP contribution is 2.34. The normalized spacial score (nSPS) is 21.8. The predicted octanol–water partition coefficient (Wildman–Crippen LogP) is 0.468. The van der Waals surface area contributed by atoms with Crippen LogP contribution in [0, 0.1) is 0 Å². The zero-order valence-corrected chi connectivity index (χ0v) is 12.1. The average Bonchev–Trinajstić information content (AvgIpc) is 2.49. The first-order valence-corrected chi connectivity index (χ1v) is 7.45. The number of fused-ring (bicyclic) bond motifs is 1. The van der Waals surface area contributed by atoms with Gasteiger partial charge in [0.25, 0.3) is 5.56 Å². The Morgan fingerprint density at radius 2 is 2.29 bits per heavy atom. The van der Waals surface area contributed by atoms with Crippen LogP contribution >= 0.6 is 0 Å². The second-order valence-corrected chi connectivity index (χ2v) is 5.60. The summed E-state index contributed by atoms with van der Waals surface area (Å²) in [5.41, 5.74) is 2.03. The Kier molecular flexibility index (Phi) is 3.92. The van der Waals surface area contributed by atoms with E-state index in [-0.39, 0.29) is 17.4 Å². The van der Waals surface area contributed by atoms with Gasteiger partial charge >= 0.3 is 5.97 Å². The zero-order valence-electron chi connectivity index (χ0n) is 12.1. The SMILES string of the molecule is CC(=O)ON1CCCc2c1c(C1CCCNC1)n[nH]c2=O. The van der Waals surface area contributed by atoms with Gasteiger partial charge in [0.1, 0.15) is 5.69 Å². The first kappa shape index (κ1) is 14.1. The summed E-state index contributed by atoms with van der Waals surface area (Å²) in [6.45, 7) is 3.82. The topological polar surface area (TPSA) is 87.3 Å². The van der Waals surface area contributed by atoms with E-state index in [9.17, 15) is 9.59 Å². The summed E-state index contributed by atoms with van der Waals surface area (Å²) in [6.07, 6.45) is 3.58. The van der Waals surface area contributed by atoms with Crippen molar-refractivity contribution in [2.75, 3.05) is 24.7 Å². The second-order valence-electron chi connectivity index (χ2n) is 5.60. The van der Waals surface area contributed by atoms with Crippen molar-refractivity contribution in [1.82, 2.24) is 15.5 Å². The smallest absolute Gasteiger partial charge is 0.329 e. The molecule has 0 bridgehead atoms. The lowest BCUT2D eigenvalue weighted by molar-refractivity contribution is -0.142. The molecule has 21 heavy (non-hydrogen) atoms. The lowest BCUT2D eigenvalue weighted by atomic mass is 9.92. The molecule has 1 aromatic heterocycles. The van der Waals surface area contributed by atoms with Crippen LogP contribution in [0.15, 0.2) is 4.79 Å². The average molecular weight is 292 g/mol. The molecular weight excluding hydrogens is 272 g/mol. The number of hydrogen-bond acceptors (Lipinski definition) is 6. The van der Waals surface area contributed by atoms with E-state index in [0.717, 1.165) is 38.0 Å². The minimum atomic E-state index is -0.379. The maximum absolute atomic E-state index is 12.0. The molecule has 0 aliphatic carbocycles. The number of aromatic nitrogens is 2. The first-order chi connectivity index (χ1) is 10.2. The molecule has 0 radical (unpaired) electrons. The highest BCUT2D eigenvalue weighted by molar-refractivity contribution is 5.69. The van der Waals surface area contributed by atoms with Crippen LogP contribution in [0.4, 0.5) is 5.69 Å². The van der Waals surface area contributed by atoms with Crippen LogP contribution in [-0.4, -0.2) is 35.8 Å². The fraction of sp³-hybridized carbons (Fsp3) is 0.643. The van der Waals surface area contributed by atoms with Gasteiger partial charge in [-0.1, -0.05) is 0 Å². The molecule has 7 nitrogen and oxygen atoms in total. The second kappa shape index (κ2) is 5.85. The molecule has 3 heterocycles. The van der Waals surface area contributed by atoms with Gasteiger partial charge in [0.2, 0.25) is 0 Å². The highest BCUT2D eigenvalue weighted by Gasteiger charge is 2.30. The maximum Gasteiger partial charge on any atom is 0.329 e. The molecule has 2 N–H and O–H groups in total. The lowest BCUT2D eigenvalue weighted by Crippen LogP contribution is -2.38. The molecular formula is C14H20N4O3. The number of piperidine rings is 1. The Morgan fingerprint density at radius 3 is 3.00 bits per heavy atom. The third-order valence-electron chi connectivity index (χ3n) is 4.04. The van der Waals surface area contributed by atoms with Crippen molar-refractivity contribution < 1.29 is 9.63 Å². The molecule has 1 atom stereocenters. The molecule has 114 valence electrons. The summed E-state index contributed by atoms with van der Waals surface area (Å²) < 4.78 is 0. The van der Waals surface area contributed by atoms with Crippen LogP contribution < -0.4 is 15.9 Å². The van der Waals surface area contributed by atoms with Gasteiger partial charge < -0.3 is 10.2 Å². The summed E-state index contributed by atoms with van der Waals surface area (Å²) >= 11 is 0. The van der Waals surface area contributed by atoms with Crippen molar-refractivity contribution in [2.45, 2.75) is 38.5 Å². The summed E-state index contributed by atoms with van der Waals surface area (Å²) in [5, 5.41) is 11.8. The van der Waals surface area contributed by atoms with Crippen molar-refractivity contribution in [2.24, 2.45) is 0 Å². The fourth-order valence-corrected chi connectivity index (χ4v) is 3.13. The van der Waals surface area contributed by atoms with E-state index >= 15 is 0 Å². The minimum absolute atomic E-state index is 0.186. The van der Waals surface area contributed by atoms with Gasteiger partial charge in [-0.2, -0.15) is 5.10 Å². The number of nitrogens with one attached hydrogen (secondary N) is 2. The quantitative estimate of drug-likeness (QED) is 0.824. The van der Waals surface area contributed by atoms with E-state index in [0.29, 0.717) is 24.2 Å². The number of hydrogen-bond donors (Lipinski definition) is 2. The largest absolute Gasteiger partial charge is 0.341 e. The van der Waals surface area contributed by atoms with Gasteiger partial charge in [-0.3, -0.25) is 9.59 Å². The molecule has 0 saturated carbocycles. The molecule has 0 spiro atoms. The number of nitrogens with zero attached hydrogens (tertiary/aromatic N) is 2. The van der Waals surface area contributed by atoms with Gasteiger partial charge in [-0.25, -0.2) is 10.2 Å². The van der Waals surface area contributed by atoms with Gasteiger partial charge in [-0.15, -0.1) is 0 Å². The van der Waals surface area contributed by atoms with Crippen LogP contribution in [0.1, 0.15) is 43.4 Å². The number of carbonyl (C=O) groups excluding carboxylic acids is 1. The van der Waals surface area contributed by atoms with Crippen LogP contribution in [0.25, 0.3) is 0 Å². The molecule has 1 fully saturated rings. The molecule has 1 saturated heterocycles. The third kappa shape index (κ3) is 2.78. The van der Waals surface area contributed by atoms with E-state index in [1.165, 1.54) is 6.92 Å². The Labute approximate surface area is 122 Å². The van der Waals surface area contributed by atoms with Gasteiger partial charge in [0, 0.05) is 24.9 Å². The van der Waals surface area contributed by atoms with Crippen molar-refractivity contribution >= 4 is 11.7 Å². The van der Waals surface area contributed by atoms with Crippen molar-refractivity contribution in [3.05, 3.63) is 21.6 Å². The number of hydroxylamine groups is 1. The van der Waals surface area contributed by atoms with Crippen molar-refractivity contribution in [3.8, 4) is 0 Å². The molecule has 0 amide bonds. The number of anilines is 1. The Morgan fingerprint density at radius 1 is 1.43 bits per heavy atom. The maximum atomic E-state index is 12.0. The fourth-order valence-electron chi connectivity index (χ4n) is 3.13. The van der Waals surface area contributed by atoms with E-state index in [1.807, 2.05) is 0 Å².